The Kier molecular flexibility index (Phi) is 8.77. The lowest BCUT2D eigenvalue weighted by Crippen LogP contribution is -2.51. The zero-order valence-electron chi connectivity index (χ0n) is 23.8. The van der Waals surface area contributed by atoms with Crippen LogP contribution in [-0.2, 0) is 15.1 Å². The molecule has 3 atom stereocenters. The molecule has 0 bridgehead atoms. The standard InChI is InChI=1S/C30H34Cl3N5O4/c1-29(2,3)42-28(40)37-14-10-21(19-8-5-4-6-9-19)25(37)27(39)36-13-7-11-30(41,12-15-36)24-18-38(35-34-24)26-22(32)16-20(31)17-23(26)33/h4-6,8-9,16-18,21,25,41H,7,10-15H2,1-3H3. The van der Waals surface area contributed by atoms with Crippen LogP contribution in [0, 0.1) is 0 Å². The molecule has 3 aromatic rings. The van der Waals surface area contributed by atoms with E-state index in [1.165, 1.54) is 4.68 Å². The van der Waals surface area contributed by atoms with E-state index in [1.807, 2.05) is 51.1 Å². The van der Waals surface area contributed by atoms with Gasteiger partial charge in [0, 0.05) is 30.6 Å². The molecule has 1 N–H and O–H groups in total. The van der Waals surface area contributed by atoms with Gasteiger partial charge in [-0.15, -0.1) is 5.10 Å². The third kappa shape index (κ3) is 6.39. The molecule has 224 valence electrons. The van der Waals surface area contributed by atoms with Crippen LogP contribution in [0.25, 0.3) is 5.69 Å². The van der Waals surface area contributed by atoms with Crippen LogP contribution in [0.1, 0.15) is 63.6 Å². The first-order valence-corrected chi connectivity index (χ1v) is 15.1. The van der Waals surface area contributed by atoms with E-state index in [0.29, 0.717) is 58.8 Å². The number of nitrogens with zero attached hydrogens (tertiary/aromatic N) is 5. The van der Waals surface area contributed by atoms with Crippen molar-refractivity contribution in [3.05, 3.63) is 75.0 Å². The number of carbonyl (C=O) groups is 2. The van der Waals surface area contributed by atoms with Gasteiger partial charge in [-0.2, -0.15) is 0 Å². The fraction of sp³-hybridized carbons (Fsp3) is 0.467. The number of benzene rings is 2. The zero-order valence-corrected chi connectivity index (χ0v) is 26.0. The van der Waals surface area contributed by atoms with Crippen molar-refractivity contribution in [1.82, 2.24) is 24.8 Å². The van der Waals surface area contributed by atoms with Gasteiger partial charge in [0.2, 0.25) is 5.91 Å². The van der Waals surface area contributed by atoms with Gasteiger partial charge in [0.1, 0.15) is 28.6 Å². The normalized spacial score (nSPS) is 23.1. The van der Waals surface area contributed by atoms with E-state index in [2.05, 4.69) is 10.3 Å². The topological polar surface area (TPSA) is 101 Å². The van der Waals surface area contributed by atoms with Crippen molar-refractivity contribution in [3.63, 3.8) is 0 Å². The monoisotopic (exact) mass is 633 g/mol. The third-order valence-electron chi connectivity index (χ3n) is 7.81. The molecule has 2 fully saturated rings. The molecule has 5 rings (SSSR count). The minimum absolute atomic E-state index is 0.153. The van der Waals surface area contributed by atoms with Crippen molar-refractivity contribution < 1.29 is 19.4 Å². The Morgan fingerprint density at radius 1 is 1.02 bits per heavy atom. The van der Waals surface area contributed by atoms with E-state index in [-0.39, 0.29) is 24.8 Å². The van der Waals surface area contributed by atoms with Crippen LogP contribution in [0.5, 0.6) is 0 Å². The molecule has 2 saturated heterocycles. The average molecular weight is 635 g/mol. The quantitative estimate of drug-likeness (QED) is 0.366. The smallest absolute Gasteiger partial charge is 0.410 e. The van der Waals surface area contributed by atoms with Gasteiger partial charge in [0.15, 0.2) is 0 Å². The second-order valence-electron chi connectivity index (χ2n) is 11.9. The number of halogens is 3. The van der Waals surface area contributed by atoms with Crippen LogP contribution < -0.4 is 0 Å². The summed E-state index contributed by atoms with van der Waals surface area (Å²) in [4.78, 5) is 30.7. The van der Waals surface area contributed by atoms with Crippen LogP contribution in [-0.4, -0.2) is 73.2 Å². The number of carbonyl (C=O) groups excluding carboxylic acids is 2. The van der Waals surface area contributed by atoms with Gasteiger partial charge in [0.05, 0.1) is 16.2 Å². The Balaban J connectivity index is 1.37. The minimum Gasteiger partial charge on any atom is -0.444 e. The van der Waals surface area contributed by atoms with E-state index in [4.69, 9.17) is 39.5 Å². The fourth-order valence-corrected chi connectivity index (χ4v) is 6.78. The molecule has 2 aliphatic rings. The molecule has 0 aliphatic carbocycles. The maximum Gasteiger partial charge on any atom is 0.410 e. The predicted molar refractivity (Wildman–Crippen MR) is 161 cm³/mol. The molecule has 0 saturated carbocycles. The van der Waals surface area contributed by atoms with Crippen molar-refractivity contribution in [1.29, 1.82) is 0 Å². The lowest BCUT2D eigenvalue weighted by molar-refractivity contribution is -0.136. The Hall–Kier alpha value is -2.85. The maximum atomic E-state index is 14.2. The second-order valence-corrected chi connectivity index (χ2v) is 13.2. The van der Waals surface area contributed by atoms with Crippen molar-refractivity contribution in [2.24, 2.45) is 0 Å². The van der Waals surface area contributed by atoms with Gasteiger partial charge in [-0.3, -0.25) is 9.69 Å². The van der Waals surface area contributed by atoms with Gasteiger partial charge in [-0.1, -0.05) is 70.3 Å². The van der Waals surface area contributed by atoms with Crippen LogP contribution in [0.2, 0.25) is 15.1 Å². The first-order chi connectivity index (χ1) is 19.9. The summed E-state index contributed by atoms with van der Waals surface area (Å²) in [5.74, 6) is -0.318. The molecule has 42 heavy (non-hydrogen) atoms. The average Bonchev–Trinajstić information content (AvgIpc) is 3.53. The number of likely N-dealkylation sites (tertiary alicyclic amines) is 2. The highest BCUT2D eigenvalue weighted by Crippen LogP contribution is 2.38. The summed E-state index contributed by atoms with van der Waals surface area (Å²) in [6, 6.07) is 12.2. The zero-order chi connectivity index (χ0) is 30.2. The second kappa shape index (κ2) is 12.0. The van der Waals surface area contributed by atoms with E-state index in [9.17, 15) is 14.7 Å². The van der Waals surface area contributed by atoms with Crippen LogP contribution in [0.4, 0.5) is 4.79 Å². The summed E-state index contributed by atoms with van der Waals surface area (Å²) in [7, 11) is 0. The minimum atomic E-state index is -1.32. The fourth-order valence-electron chi connectivity index (χ4n) is 5.79. The summed E-state index contributed by atoms with van der Waals surface area (Å²) in [5.41, 5.74) is -0.238. The number of ether oxygens (including phenoxy) is 1. The van der Waals surface area contributed by atoms with Crippen molar-refractivity contribution in [3.8, 4) is 5.69 Å². The Labute approximate surface area is 260 Å². The summed E-state index contributed by atoms with van der Waals surface area (Å²) in [6.45, 7) is 6.57. The predicted octanol–water partition coefficient (Wildman–Crippen LogP) is 6.22. The number of aliphatic hydroxyl groups is 1. The van der Waals surface area contributed by atoms with E-state index < -0.39 is 23.3 Å². The molecule has 12 heteroatoms. The summed E-state index contributed by atoms with van der Waals surface area (Å²) in [6.07, 6.45) is 2.91. The van der Waals surface area contributed by atoms with Crippen LogP contribution in [0.3, 0.4) is 0 Å². The molecule has 0 spiro atoms. The van der Waals surface area contributed by atoms with Crippen molar-refractivity contribution >= 4 is 46.8 Å². The third-order valence-corrected chi connectivity index (χ3v) is 8.61. The number of hydrogen-bond acceptors (Lipinski definition) is 6. The molecule has 2 amide bonds. The van der Waals surface area contributed by atoms with Crippen LogP contribution in [0.15, 0.2) is 48.7 Å². The van der Waals surface area contributed by atoms with Crippen molar-refractivity contribution in [2.75, 3.05) is 19.6 Å². The summed E-state index contributed by atoms with van der Waals surface area (Å²) >= 11 is 18.8. The highest BCUT2D eigenvalue weighted by molar-refractivity contribution is 6.40. The van der Waals surface area contributed by atoms with Gasteiger partial charge < -0.3 is 14.7 Å². The molecular formula is C30H34Cl3N5O4. The van der Waals surface area contributed by atoms with E-state index in [1.54, 1.807) is 28.1 Å². The molecular weight excluding hydrogens is 601 g/mol. The highest BCUT2D eigenvalue weighted by atomic mass is 35.5. The number of amides is 2. The van der Waals surface area contributed by atoms with Crippen LogP contribution >= 0.6 is 34.8 Å². The molecule has 1 aromatic heterocycles. The Morgan fingerprint density at radius 2 is 1.71 bits per heavy atom. The first kappa shape index (κ1) is 30.6. The van der Waals surface area contributed by atoms with Crippen molar-refractivity contribution in [2.45, 2.75) is 69.6 Å². The number of aromatic nitrogens is 3. The molecule has 3 heterocycles. The molecule has 0 radical (unpaired) electrons. The summed E-state index contributed by atoms with van der Waals surface area (Å²) in [5, 5.41) is 21.1. The van der Waals surface area contributed by atoms with Gasteiger partial charge in [-0.25, -0.2) is 9.48 Å². The first-order valence-electron chi connectivity index (χ1n) is 14.0. The van der Waals surface area contributed by atoms with E-state index in [0.717, 1.165) is 5.56 Å². The number of rotatable bonds is 4. The number of hydrogen-bond donors (Lipinski definition) is 1. The SMILES string of the molecule is CC(C)(C)OC(=O)N1CCC(c2ccccc2)C1C(=O)N1CCCC(O)(c2cn(-c3c(Cl)cc(Cl)cc3Cl)nn2)CC1. The molecule has 2 aromatic carbocycles. The lowest BCUT2D eigenvalue weighted by Gasteiger charge is -2.33. The van der Waals surface area contributed by atoms with Gasteiger partial charge >= 0.3 is 6.09 Å². The van der Waals surface area contributed by atoms with E-state index >= 15 is 0 Å². The summed E-state index contributed by atoms with van der Waals surface area (Å²) < 4.78 is 7.10. The molecule has 2 aliphatic heterocycles. The lowest BCUT2D eigenvalue weighted by atomic mass is 9.90. The maximum absolute atomic E-state index is 14.2. The highest BCUT2D eigenvalue weighted by Gasteiger charge is 2.46. The Morgan fingerprint density at radius 3 is 2.38 bits per heavy atom. The largest absolute Gasteiger partial charge is 0.444 e. The molecule has 9 nitrogen and oxygen atoms in total. The molecule has 3 unspecified atom stereocenters. The Bertz CT molecular complexity index is 1440. The van der Waals surface area contributed by atoms with Gasteiger partial charge in [0.25, 0.3) is 0 Å². The van der Waals surface area contributed by atoms with Gasteiger partial charge in [-0.05, 0) is 64.2 Å².